The van der Waals surface area contributed by atoms with Gasteiger partial charge in [0, 0.05) is 7.11 Å². The molecule has 0 fully saturated rings. The van der Waals surface area contributed by atoms with Gasteiger partial charge in [-0.2, -0.15) is 0 Å². The molecule has 0 amide bonds. The molecule has 0 N–H and O–H groups in total. The minimum absolute atomic E-state index is 0.108. The lowest BCUT2D eigenvalue weighted by Crippen LogP contribution is -2.34. The van der Waals surface area contributed by atoms with E-state index in [1.807, 2.05) is 19.9 Å². The van der Waals surface area contributed by atoms with E-state index in [9.17, 15) is 4.79 Å². The lowest BCUT2D eigenvalue weighted by molar-refractivity contribution is -0.111. The highest BCUT2D eigenvalue weighted by molar-refractivity contribution is 6.05. The highest BCUT2D eigenvalue weighted by Crippen LogP contribution is 2.34. The van der Waals surface area contributed by atoms with Gasteiger partial charge in [-0.15, -0.1) is 0 Å². The predicted molar refractivity (Wildman–Crippen MR) is 61.8 cm³/mol. The van der Waals surface area contributed by atoms with Gasteiger partial charge in [0.05, 0.1) is 0 Å². The third-order valence-electron chi connectivity index (χ3n) is 3.34. The Balaban J connectivity index is 2.99. The number of unbranched alkanes of at least 4 members (excludes halogenated alkanes) is 1. The molecule has 1 rings (SSSR count). The number of allylic oxidation sites excluding steroid dienone is 2. The van der Waals surface area contributed by atoms with Crippen molar-refractivity contribution in [1.82, 2.24) is 0 Å². The number of carbonyl (C=O) groups is 1. The summed E-state index contributed by atoms with van der Waals surface area (Å²) < 4.78 is 5.61. The third-order valence-corrected chi connectivity index (χ3v) is 3.34. The maximum absolute atomic E-state index is 11.5. The van der Waals surface area contributed by atoms with Crippen molar-refractivity contribution >= 4 is 5.78 Å². The molecular weight excluding hydrogens is 188 g/mol. The Morgan fingerprint density at radius 3 is 2.60 bits per heavy atom. The molecule has 0 bridgehead atoms. The first kappa shape index (κ1) is 12.2. The Morgan fingerprint density at radius 2 is 2.07 bits per heavy atom. The maximum atomic E-state index is 11.5. The van der Waals surface area contributed by atoms with Crippen LogP contribution in [0.15, 0.2) is 23.3 Å². The van der Waals surface area contributed by atoms with Gasteiger partial charge in [0.15, 0.2) is 5.78 Å². The summed E-state index contributed by atoms with van der Waals surface area (Å²) in [4.78, 5) is 11.5. The highest BCUT2D eigenvalue weighted by Gasteiger charge is 2.33. The predicted octanol–water partition coefficient (Wildman–Crippen LogP) is 3.04. The van der Waals surface area contributed by atoms with E-state index >= 15 is 0 Å². The molecule has 2 nitrogen and oxygen atoms in total. The molecule has 0 aromatic heterocycles. The van der Waals surface area contributed by atoms with Crippen LogP contribution in [0.2, 0.25) is 0 Å². The zero-order valence-corrected chi connectivity index (χ0v) is 10.1. The molecule has 0 spiro atoms. The summed E-state index contributed by atoms with van der Waals surface area (Å²) in [5.74, 6) is 0.108. The Morgan fingerprint density at radius 1 is 1.40 bits per heavy atom. The van der Waals surface area contributed by atoms with Crippen LogP contribution in [-0.4, -0.2) is 18.5 Å². The van der Waals surface area contributed by atoms with Gasteiger partial charge >= 0.3 is 0 Å². The molecule has 2 heteroatoms. The number of hydrogen-bond donors (Lipinski definition) is 0. The molecule has 1 aliphatic rings. The largest absolute Gasteiger partial charge is 0.370 e. The molecule has 1 unspecified atom stereocenters. The molecule has 0 aromatic rings. The van der Waals surface area contributed by atoms with Crippen LogP contribution in [0.4, 0.5) is 0 Å². The minimum atomic E-state index is -0.339. The van der Waals surface area contributed by atoms with Gasteiger partial charge in [0.2, 0.25) is 0 Å². The molecule has 1 atom stereocenters. The number of rotatable bonds is 4. The summed E-state index contributed by atoms with van der Waals surface area (Å²) in [6.45, 7) is 6.03. The van der Waals surface area contributed by atoms with E-state index in [0.717, 1.165) is 30.4 Å². The average molecular weight is 208 g/mol. The van der Waals surface area contributed by atoms with E-state index in [1.54, 1.807) is 13.2 Å². The topological polar surface area (TPSA) is 26.3 Å². The fourth-order valence-electron chi connectivity index (χ4n) is 2.00. The summed E-state index contributed by atoms with van der Waals surface area (Å²) in [7, 11) is 1.71. The van der Waals surface area contributed by atoms with Gasteiger partial charge in [0.1, 0.15) is 5.60 Å². The Hall–Kier alpha value is -0.890. The summed E-state index contributed by atoms with van der Waals surface area (Å²) in [5.41, 5.74) is 1.55. The molecule has 15 heavy (non-hydrogen) atoms. The SMILES string of the molecule is CCCCC1(OC)C=CC(=O)C(C)=C1C. The summed E-state index contributed by atoms with van der Waals surface area (Å²) in [6, 6.07) is 0. The van der Waals surface area contributed by atoms with Gasteiger partial charge in [-0.05, 0) is 43.6 Å². The smallest absolute Gasteiger partial charge is 0.181 e. The first-order chi connectivity index (χ1) is 7.07. The average Bonchev–Trinajstić information content (AvgIpc) is 2.26. The van der Waals surface area contributed by atoms with Crippen molar-refractivity contribution in [3.63, 3.8) is 0 Å². The fraction of sp³-hybridized carbons (Fsp3) is 0.615. The second-order valence-corrected chi connectivity index (χ2v) is 4.14. The Bertz CT molecular complexity index is 312. The maximum Gasteiger partial charge on any atom is 0.181 e. The number of hydrogen-bond acceptors (Lipinski definition) is 2. The minimum Gasteiger partial charge on any atom is -0.370 e. The van der Waals surface area contributed by atoms with Crippen LogP contribution in [0, 0.1) is 0 Å². The first-order valence-electron chi connectivity index (χ1n) is 5.54. The van der Waals surface area contributed by atoms with E-state index in [-0.39, 0.29) is 11.4 Å². The van der Waals surface area contributed by atoms with Crippen LogP contribution in [0.25, 0.3) is 0 Å². The quantitative estimate of drug-likeness (QED) is 0.709. The van der Waals surface area contributed by atoms with Crippen molar-refractivity contribution < 1.29 is 9.53 Å². The molecule has 0 aromatic carbocycles. The molecule has 0 heterocycles. The van der Waals surface area contributed by atoms with Gasteiger partial charge in [-0.25, -0.2) is 0 Å². The lowest BCUT2D eigenvalue weighted by atomic mass is 9.81. The van der Waals surface area contributed by atoms with Gasteiger partial charge < -0.3 is 4.74 Å². The molecule has 0 aliphatic heterocycles. The Kier molecular flexibility index (Phi) is 3.86. The summed E-state index contributed by atoms with van der Waals surface area (Å²) in [5, 5.41) is 0. The van der Waals surface area contributed by atoms with Crippen LogP contribution in [0.5, 0.6) is 0 Å². The zero-order valence-electron chi connectivity index (χ0n) is 10.1. The molecule has 0 radical (unpaired) electrons. The zero-order chi connectivity index (χ0) is 11.5. The van der Waals surface area contributed by atoms with Gasteiger partial charge in [-0.1, -0.05) is 19.8 Å². The van der Waals surface area contributed by atoms with Crippen LogP contribution in [0.1, 0.15) is 40.0 Å². The second kappa shape index (κ2) is 4.75. The summed E-state index contributed by atoms with van der Waals surface area (Å²) in [6.07, 6.45) is 6.75. The first-order valence-corrected chi connectivity index (χ1v) is 5.54. The van der Waals surface area contributed by atoms with Crippen molar-refractivity contribution in [1.29, 1.82) is 0 Å². The fourth-order valence-corrected chi connectivity index (χ4v) is 2.00. The molecule has 0 saturated heterocycles. The van der Waals surface area contributed by atoms with Crippen molar-refractivity contribution in [2.45, 2.75) is 45.6 Å². The number of carbonyl (C=O) groups excluding carboxylic acids is 1. The molecule has 0 saturated carbocycles. The van der Waals surface area contributed by atoms with E-state index in [0.29, 0.717) is 0 Å². The van der Waals surface area contributed by atoms with E-state index in [2.05, 4.69) is 6.92 Å². The number of ether oxygens (including phenoxy) is 1. The van der Waals surface area contributed by atoms with Crippen LogP contribution in [0.3, 0.4) is 0 Å². The standard InChI is InChI=1S/C13H20O2/c1-5-6-8-13(15-4)9-7-12(14)10(2)11(13)3/h7,9H,5-6,8H2,1-4H3. The molecular formula is C13H20O2. The third kappa shape index (κ3) is 2.20. The van der Waals surface area contributed by atoms with Crippen LogP contribution in [-0.2, 0) is 9.53 Å². The summed E-state index contributed by atoms with van der Waals surface area (Å²) >= 11 is 0. The molecule has 1 aliphatic carbocycles. The lowest BCUT2D eigenvalue weighted by Gasteiger charge is -2.34. The van der Waals surface area contributed by atoms with Crippen LogP contribution >= 0.6 is 0 Å². The number of methoxy groups -OCH3 is 1. The van der Waals surface area contributed by atoms with Crippen molar-refractivity contribution in [2.24, 2.45) is 0 Å². The highest BCUT2D eigenvalue weighted by atomic mass is 16.5. The normalized spacial score (nSPS) is 26.3. The van der Waals surface area contributed by atoms with E-state index in [4.69, 9.17) is 4.74 Å². The van der Waals surface area contributed by atoms with Crippen LogP contribution < -0.4 is 0 Å². The van der Waals surface area contributed by atoms with Crippen molar-refractivity contribution in [2.75, 3.05) is 7.11 Å². The monoisotopic (exact) mass is 208 g/mol. The van der Waals surface area contributed by atoms with E-state index in [1.165, 1.54) is 0 Å². The van der Waals surface area contributed by atoms with Gasteiger partial charge in [-0.3, -0.25) is 4.79 Å². The van der Waals surface area contributed by atoms with Crippen molar-refractivity contribution in [3.05, 3.63) is 23.3 Å². The second-order valence-electron chi connectivity index (χ2n) is 4.14. The Labute approximate surface area is 92.0 Å². The molecule has 84 valence electrons. The van der Waals surface area contributed by atoms with E-state index < -0.39 is 0 Å². The van der Waals surface area contributed by atoms with Crippen molar-refractivity contribution in [3.8, 4) is 0 Å². The van der Waals surface area contributed by atoms with Gasteiger partial charge in [0.25, 0.3) is 0 Å². The number of ketones is 1.